The van der Waals surface area contributed by atoms with Gasteiger partial charge in [-0.2, -0.15) is 0 Å². The largest absolute Gasteiger partial charge is 0.493 e. The van der Waals surface area contributed by atoms with Gasteiger partial charge in [0.2, 0.25) is 5.91 Å². The van der Waals surface area contributed by atoms with Gasteiger partial charge < -0.3 is 25.1 Å². The molecule has 1 aromatic carbocycles. The number of amides is 1. The van der Waals surface area contributed by atoms with E-state index in [0.29, 0.717) is 19.1 Å². The smallest absolute Gasteiger partial charge is 0.239 e. The van der Waals surface area contributed by atoms with Crippen molar-refractivity contribution < 1.29 is 13.9 Å². The predicted molar refractivity (Wildman–Crippen MR) is 110 cm³/mol. The molecule has 0 radical (unpaired) electrons. The highest BCUT2D eigenvalue weighted by Crippen LogP contribution is 2.31. The van der Waals surface area contributed by atoms with Crippen LogP contribution in [0.2, 0.25) is 0 Å². The summed E-state index contributed by atoms with van der Waals surface area (Å²) in [6, 6.07) is 11.5. The first-order chi connectivity index (χ1) is 12.3. The molecule has 1 atom stereocenters. The first-order valence-electron chi connectivity index (χ1n) is 8.24. The van der Waals surface area contributed by atoms with E-state index in [9.17, 15) is 4.79 Å². The van der Waals surface area contributed by atoms with E-state index in [1.165, 1.54) is 0 Å². The van der Waals surface area contributed by atoms with Gasteiger partial charge in [0, 0.05) is 19.0 Å². The maximum Gasteiger partial charge on any atom is 0.239 e. The van der Waals surface area contributed by atoms with E-state index < -0.39 is 0 Å². The molecule has 0 aliphatic carbocycles. The van der Waals surface area contributed by atoms with Crippen molar-refractivity contribution in [3.8, 4) is 5.75 Å². The predicted octanol–water partition coefficient (Wildman–Crippen LogP) is 2.20. The summed E-state index contributed by atoms with van der Waals surface area (Å²) in [5, 5.41) is 9.13. The average Bonchev–Trinajstić information content (AvgIpc) is 3.16. The van der Waals surface area contributed by atoms with Crippen molar-refractivity contribution in [1.82, 2.24) is 16.0 Å². The Morgan fingerprint density at radius 3 is 2.85 bits per heavy atom. The molecule has 1 unspecified atom stereocenters. The second-order valence-electron chi connectivity index (χ2n) is 5.65. The van der Waals surface area contributed by atoms with Crippen molar-refractivity contribution in [2.45, 2.75) is 19.0 Å². The number of fused-ring (bicyclic) bond motifs is 1. The Hall–Kier alpha value is -2.23. The molecule has 2 heterocycles. The lowest BCUT2D eigenvalue weighted by Gasteiger charge is -2.26. The van der Waals surface area contributed by atoms with E-state index in [4.69, 9.17) is 9.15 Å². The molecule has 0 bridgehead atoms. The summed E-state index contributed by atoms with van der Waals surface area (Å²) in [4.78, 5) is 16.4. The van der Waals surface area contributed by atoms with Crippen LogP contribution in [-0.2, 0) is 11.3 Å². The van der Waals surface area contributed by atoms with Crippen LogP contribution in [0.25, 0.3) is 0 Å². The minimum atomic E-state index is -0.0948. The number of para-hydroxylation sites is 1. The van der Waals surface area contributed by atoms with Crippen LogP contribution < -0.4 is 20.7 Å². The molecule has 1 aliphatic heterocycles. The molecule has 140 valence electrons. The topological polar surface area (TPSA) is 87.9 Å². The van der Waals surface area contributed by atoms with E-state index >= 15 is 0 Å². The summed E-state index contributed by atoms with van der Waals surface area (Å²) >= 11 is 0. The van der Waals surface area contributed by atoms with Crippen LogP contribution in [-0.4, -0.2) is 32.1 Å². The van der Waals surface area contributed by atoms with Crippen molar-refractivity contribution >= 4 is 35.8 Å². The number of guanidine groups is 1. The first-order valence-corrected chi connectivity index (χ1v) is 8.24. The molecule has 0 saturated carbocycles. The number of ether oxygens (including phenoxy) is 1. The number of aliphatic imine (C=N–C) groups is 1. The van der Waals surface area contributed by atoms with Crippen molar-refractivity contribution in [1.29, 1.82) is 0 Å². The monoisotopic (exact) mass is 470 g/mol. The molecule has 7 nitrogen and oxygen atoms in total. The number of carbonyl (C=O) groups excluding carboxylic acids is 1. The van der Waals surface area contributed by atoms with E-state index in [0.717, 1.165) is 23.5 Å². The van der Waals surface area contributed by atoms with E-state index in [-0.39, 0.29) is 42.5 Å². The summed E-state index contributed by atoms with van der Waals surface area (Å²) in [6.45, 7) is 1.24. The molecule has 0 fully saturated rings. The normalized spacial score (nSPS) is 15.9. The molecule has 0 saturated heterocycles. The van der Waals surface area contributed by atoms with Gasteiger partial charge in [-0.05, 0) is 18.2 Å². The van der Waals surface area contributed by atoms with Crippen LogP contribution >= 0.6 is 24.0 Å². The van der Waals surface area contributed by atoms with E-state index in [2.05, 4.69) is 20.9 Å². The lowest BCUT2D eigenvalue weighted by molar-refractivity contribution is -0.120. The summed E-state index contributed by atoms with van der Waals surface area (Å²) in [5.41, 5.74) is 1.02. The second-order valence-corrected chi connectivity index (χ2v) is 5.65. The minimum Gasteiger partial charge on any atom is -0.493 e. The fourth-order valence-electron chi connectivity index (χ4n) is 2.71. The van der Waals surface area contributed by atoms with Crippen LogP contribution in [0, 0.1) is 0 Å². The number of nitrogens with zero attached hydrogens (tertiary/aromatic N) is 1. The average molecular weight is 470 g/mol. The Bertz CT molecular complexity index is 734. The Morgan fingerprint density at radius 2 is 2.08 bits per heavy atom. The molecule has 8 heteroatoms. The summed E-state index contributed by atoms with van der Waals surface area (Å²) in [7, 11) is 1.66. The Balaban J connectivity index is 0.00000243. The molecule has 3 N–H and O–H groups in total. The quantitative estimate of drug-likeness (QED) is 0.355. The van der Waals surface area contributed by atoms with Crippen molar-refractivity contribution in [2.24, 2.45) is 4.99 Å². The van der Waals surface area contributed by atoms with Crippen molar-refractivity contribution in [3.63, 3.8) is 0 Å². The highest BCUT2D eigenvalue weighted by atomic mass is 127. The molecule has 1 amide bonds. The summed E-state index contributed by atoms with van der Waals surface area (Å²) < 4.78 is 10.9. The first kappa shape index (κ1) is 20.1. The Kier molecular flexibility index (Phi) is 7.76. The van der Waals surface area contributed by atoms with Gasteiger partial charge in [-0.15, -0.1) is 24.0 Å². The number of hydrogen-bond donors (Lipinski definition) is 3. The number of benzene rings is 1. The van der Waals surface area contributed by atoms with Gasteiger partial charge in [0.15, 0.2) is 5.96 Å². The molecule has 26 heavy (non-hydrogen) atoms. The summed E-state index contributed by atoms with van der Waals surface area (Å²) in [6.07, 6.45) is 2.38. The fourth-order valence-corrected chi connectivity index (χ4v) is 2.71. The molecule has 0 spiro atoms. The van der Waals surface area contributed by atoms with Gasteiger partial charge >= 0.3 is 0 Å². The zero-order chi connectivity index (χ0) is 17.5. The third-order valence-corrected chi connectivity index (χ3v) is 3.94. The lowest BCUT2D eigenvalue weighted by atomic mass is 10.0. The van der Waals surface area contributed by atoms with Gasteiger partial charge in [0.1, 0.15) is 11.5 Å². The van der Waals surface area contributed by atoms with E-state index in [1.54, 1.807) is 13.3 Å². The van der Waals surface area contributed by atoms with Crippen LogP contribution in [0.4, 0.5) is 0 Å². The van der Waals surface area contributed by atoms with Gasteiger partial charge in [-0.1, -0.05) is 18.2 Å². The summed E-state index contributed by atoms with van der Waals surface area (Å²) in [5.74, 6) is 2.08. The number of carbonyl (C=O) groups is 1. The highest BCUT2D eigenvalue weighted by molar-refractivity contribution is 14.0. The molecule has 1 aliphatic rings. The fraction of sp³-hybridized carbons (Fsp3) is 0.333. The number of nitrogens with one attached hydrogen (secondary N) is 3. The van der Waals surface area contributed by atoms with Crippen LogP contribution in [0.1, 0.15) is 23.8 Å². The van der Waals surface area contributed by atoms with Crippen molar-refractivity contribution in [2.75, 3.05) is 20.2 Å². The molecule has 3 rings (SSSR count). The standard InChI is InChI=1S/C18H22N4O3.HI/c1-19-18(20-11-13-5-4-9-24-13)21-12-17(23)22-15-8-10-25-16-7-3-2-6-14(15)16;/h2-7,9,15H,8,10-12H2,1H3,(H,22,23)(H2,19,20,21);1H. The van der Waals surface area contributed by atoms with Crippen LogP contribution in [0.5, 0.6) is 5.75 Å². The number of halogens is 1. The SMILES string of the molecule is CN=C(NCC(=O)NC1CCOc2ccccc21)NCc1ccco1.I. The zero-order valence-electron chi connectivity index (χ0n) is 14.5. The molecular formula is C18H23IN4O3. The Labute approximate surface area is 169 Å². The molecule has 2 aromatic rings. The van der Waals surface area contributed by atoms with Crippen LogP contribution in [0.15, 0.2) is 52.1 Å². The third kappa shape index (κ3) is 5.38. The van der Waals surface area contributed by atoms with Crippen molar-refractivity contribution in [3.05, 3.63) is 54.0 Å². The van der Waals surface area contributed by atoms with Gasteiger partial charge in [0.25, 0.3) is 0 Å². The maximum absolute atomic E-state index is 12.3. The lowest BCUT2D eigenvalue weighted by Crippen LogP contribution is -2.44. The van der Waals surface area contributed by atoms with Crippen LogP contribution in [0.3, 0.4) is 0 Å². The maximum atomic E-state index is 12.3. The second kappa shape index (κ2) is 10.0. The zero-order valence-corrected chi connectivity index (χ0v) is 16.9. The number of hydrogen-bond acceptors (Lipinski definition) is 4. The number of rotatable bonds is 5. The van der Waals surface area contributed by atoms with E-state index in [1.807, 2.05) is 36.4 Å². The van der Waals surface area contributed by atoms with Gasteiger partial charge in [-0.25, -0.2) is 0 Å². The molecule has 1 aromatic heterocycles. The Morgan fingerprint density at radius 1 is 1.23 bits per heavy atom. The highest BCUT2D eigenvalue weighted by Gasteiger charge is 2.22. The van der Waals surface area contributed by atoms with Gasteiger partial charge in [0.05, 0.1) is 32.0 Å². The minimum absolute atomic E-state index is 0. The molecular weight excluding hydrogens is 447 g/mol. The van der Waals surface area contributed by atoms with Gasteiger partial charge in [-0.3, -0.25) is 9.79 Å². The number of furan rings is 1. The third-order valence-electron chi connectivity index (χ3n) is 3.94.